The molecule has 0 aliphatic rings. The van der Waals surface area contributed by atoms with Gasteiger partial charge in [0.05, 0.1) is 12.8 Å². The molecular weight excluding hydrogens is 278 g/mol. The van der Waals surface area contributed by atoms with Crippen LogP contribution in [0, 0.1) is 6.92 Å². The van der Waals surface area contributed by atoms with Gasteiger partial charge in [-0.05, 0) is 44.2 Å². The van der Waals surface area contributed by atoms with E-state index in [1.165, 1.54) is 0 Å². The van der Waals surface area contributed by atoms with Crippen LogP contribution < -0.4 is 10.5 Å². The molecule has 2 N–H and O–H groups in total. The molecule has 22 heavy (non-hydrogen) atoms. The molecule has 2 aromatic heterocycles. The molecule has 0 fully saturated rings. The molecule has 0 saturated carbocycles. The highest BCUT2D eigenvalue weighted by Gasteiger charge is 2.11. The molecule has 0 bridgehead atoms. The molecule has 0 spiro atoms. The fourth-order valence-corrected chi connectivity index (χ4v) is 2.49. The highest BCUT2D eigenvalue weighted by Crippen LogP contribution is 2.22. The summed E-state index contributed by atoms with van der Waals surface area (Å²) in [6, 6.07) is 9.78. The molecule has 0 atom stereocenters. The Bertz CT molecular complexity index is 779. The third kappa shape index (κ3) is 2.65. The molecule has 3 rings (SSSR count). The predicted molar refractivity (Wildman–Crippen MR) is 84.9 cm³/mol. The van der Waals surface area contributed by atoms with Crippen LogP contribution in [0.1, 0.15) is 18.1 Å². The van der Waals surface area contributed by atoms with Crippen LogP contribution in [0.25, 0.3) is 16.9 Å². The second-order valence-electron chi connectivity index (χ2n) is 5.12. The van der Waals surface area contributed by atoms with E-state index in [-0.39, 0.29) is 0 Å². The van der Waals surface area contributed by atoms with E-state index in [0.717, 1.165) is 47.1 Å². The minimum absolute atomic E-state index is 0.644. The SMILES string of the molecule is COc1ccc(-c2cc3nnc(CCCN)n3c(C)n2)cc1. The summed E-state index contributed by atoms with van der Waals surface area (Å²) in [5, 5.41) is 8.51. The van der Waals surface area contributed by atoms with Crippen LogP contribution in [0.4, 0.5) is 0 Å². The third-order valence-electron chi connectivity index (χ3n) is 3.62. The van der Waals surface area contributed by atoms with Gasteiger partial charge in [-0.25, -0.2) is 4.98 Å². The van der Waals surface area contributed by atoms with Crippen LogP contribution >= 0.6 is 0 Å². The maximum Gasteiger partial charge on any atom is 0.164 e. The van der Waals surface area contributed by atoms with E-state index in [0.29, 0.717) is 6.54 Å². The Labute approximate surface area is 129 Å². The van der Waals surface area contributed by atoms with Crippen molar-refractivity contribution in [2.75, 3.05) is 13.7 Å². The standard InChI is InChI=1S/C16H19N5O/c1-11-18-14(12-5-7-13(22-2)8-6-12)10-16-20-19-15(21(11)16)4-3-9-17/h5-8,10H,3-4,9,17H2,1-2H3. The Morgan fingerprint density at radius 1 is 1.18 bits per heavy atom. The van der Waals surface area contributed by atoms with E-state index in [9.17, 15) is 0 Å². The fraction of sp³-hybridized carbons (Fsp3) is 0.312. The number of benzene rings is 1. The number of aromatic nitrogens is 4. The van der Waals surface area contributed by atoms with Gasteiger partial charge in [-0.15, -0.1) is 10.2 Å². The summed E-state index contributed by atoms with van der Waals surface area (Å²) in [6.07, 6.45) is 1.70. The summed E-state index contributed by atoms with van der Waals surface area (Å²) >= 11 is 0. The molecule has 0 saturated heterocycles. The average molecular weight is 297 g/mol. The summed E-state index contributed by atoms with van der Waals surface area (Å²) < 4.78 is 7.17. The van der Waals surface area contributed by atoms with Crippen molar-refractivity contribution in [2.45, 2.75) is 19.8 Å². The van der Waals surface area contributed by atoms with E-state index >= 15 is 0 Å². The van der Waals surface area contributed by atoms with Crippen molar-refractivity contribution in [3.63, 3.8) is 0 Å². The van der Waals surface area contributed by atoms with Crippen LogP contribution in [0.3, 0.4) is 0 Å². The fourth-order valence-electron chi connectivity index (χ4n) is 2.49. The van der Waals surface area contributed by atoms with Crippen molar-refractivity contribution >= 4 is 5.65 Å². The van der Waals surface area contributed by atoms with Gasteiger partial charge in [-0.1, -0.05) is 0 Å². The highest BCUT2D eigenvalue weighted by atomic mass is 16.5. The number of hydrogen-bond donors (Lipinski definition) is 1. The molecule has 0 aliphatic carbocycles. The number of nitrogens with zero attached hydrogens (tertiary/aromatic N) is 4. The van der Waals surface area contributed by atoms with Crippen molar-refractivity contribution in [1.82, 2.24) is 19.6 Å². The van der Waals surface area contributed by atoms with Crippen molar-refractivity contribution in [1.29, 1.82) is 0 Å². The summed E-state index contributed by atoms with van der Waals surface area (Å²) in [4.78, 5) is 4.68. The number of fused-ring (bicyclic) bond motifs is 1. The topological polar surface area (TPSA) is 78.3 Å². The smallest absolute Gasteiger partial charge is 0.164 e. The number of methoxy groups -OCH3 is 1. The minimum Gasteiger partial charge on any atom is -0.497 e. The maximum absolute atomic E-state index is 5.57. The van der Waals surface area contributed by atoms with Crippen molar-refractivity contribution in [3.05, 3.63) is 42.0 Å². The first kappa shape index (κ1) is 14.5. The first-order chi connectivity index (χ1) is 10.7. The average Bonchev–Trinajstić information content (AvgIpc) is 2.96. The van der Waals surface area contributed by atoms with Crippen LogP contribution in [0.5, 0.6) is 5.75 Å². The lowest BCUT2D eigenvalue weighted by Gasteiger charge is -2.07. The Balaban J connectivity index is 2.01. The molecule has 2 heterocycles. The largest absolute Gasteiger partial charge is 0.497 e. The van der Waals surface area contributed by atoms with Crippen molar-refractivity contribution in [2.24, 2.45) is 5.73 Å². The van der Waals surface area contributed by atoms with Crippen molar-refractivity contribution in [3.8, 4) is 17.0 Å². The van der Waals surface area contributed by atoms with Gasteiger partial charge in [0.25, 0.3) is 0 Å². The number of rotatable bonds is 5. The Morgan fingerprint density at radius 2 is 1.95 bits per heavy atom. The lowest BCUT2D eigenvalue weighted by molar-refractivity contribution is 0.415. The van der Waals surface area contributed by atoms with Gasteiger partial charge in [0, 0.05) is 18.1 Å². The Hall–Kier alpha value is -2.47. The molecule has 0 amide bonds. The second kappa shape index (κ2) is 6.11. The molecule has 6 heteroatoms. The normalized spacial score (nSPS) is 11.0. The zero-order valence-corrected chi connectivity index (χ0v) is 12.8. The van der Waals surface area contributed by atoms with Crippen molar-refractivity contribution < 1.29 is 4.74 Å². The van der Waals surface area contributed by atoms with Gasteiger partial charge in [0.2, 0.25) is 0 Å². The number of nitrogens with two attached hydrogens (primary N) is 1. The molecule has 114 valence electrons. The number of aryl methyl sites for hydroxylation is 2. The van der Waals surface area contributed by atoms with Gasteiger partial charge in [0.15, 0.2) is 5.65 Å². The lowest BCUT2D eigenvalue weighted by atomic mass is 10.1. The maximum atomic E-state index is 5.57. The molecule has 0 aliphatic heterocycles. The van der Waals surface area contributed by atoms with E-state index in [1.807, 2.05) is 41.7 Å². The van der Waals surface area contributed by atoms with E-state index in [2.05, 4.69) is 15.2 Å². The predicted octanol–water partition coefficient (Wildman–Crippen LogP) is 2.00. The minimum atomic E-state index is 0.644. The van der Waals surface area contributed by atoms with Gasteiger partial charge in [-0.3, -0.25) is 4.40 Å². The quantitative estimate of drug-likeness (QED) is 0.779. The third-order valence-corrected chi connectivity index (χ3v) is 3.62. The molecule has 3 aromatic rings. The van der Waals surface area contributed by atoms with Crippen LogP contribution in [0.15, 0.2) is 30.3 Å². The molecule has 6 nitrogen and oxygen atoms in total. The monoisotopic (exact) mass is 297 g/mol. The molecule has 0 radical (unpaired) electrons. The number of ether oxygens (including phenoxy) is 1. The van der Waals surface area contributed by atoms with E-state index < -0.39 is 0 Å². The first-order valence-electron chi connectivity index (χ1n) is 7.29. The second-order valence-corrected chi connectivity index (χ2v) is 5.12. The number of hydrogen-bond acceptors (Lipinski definition) is 5. The van der Waals surface area contributed by atoms with Gasteiger partial charge >= 0.3 is 0 Å². The van der Waals surface area contributed by atoms with Crippen LogP contribution in [-0.2, 0) is 6.42 Å². The Kier molecular flexibility index (Phi) is 4.02. The van der Waals surface area contributed by atoms with Crippen LogP contribution in [-0.4, -0.2) is 33.2 Å². The molecule has 1 aromatic carbocycles. The molecular formula is C16H19N5O. The summed E-state index contributed by atoms with van der Waals surface area (Å²) in [5.41, 5.74) is 8.28. The Morgan fingerprint density at radius 3 is 2.64 bits per heavy atom. The highest BCUT2D eigenvalue weighted by molar-refractivity contribution is 5.64. The van der Waals surface area contributed by atoms with Gasteiger partial charge < -0.3 is 10.5 Å². The lowest BCUT2D eigenvalue weighted by Crippen LogP contribution is -2.05. The first-order valence-corrected chi connectivity index (χ1v) is 7.29. The summed E-state index contributed by atoms with van der Waals surface area (Å²) in [7, 11) is 1.66. The van der Waals surface area contributed by atoms with Gasteiger partial charge in [0.1, 0.15) is 17.4 Å². The van der Waals surface area contributed by atoms with E-state index in [4.69, 9.17) is 10.5 Å². The van der Waals surface area contributed by atoms with E-state index in [1.54, 1.807) is 7.11 Å². The zero-order valence-electron chi connectivity index (χ0n) is 12.8. The zero-order chi connectivity index (χ0) is 15.5. The van der Waals surface area contributed by atoms with Crippen LogP contribution in [0.2, 0.25) is 0 Å². The van der Waals surface area contributed by atoms with Gasteiger partial charge in [-0.2, -0.15) is 0 Å². The summed E-state index contributed by atoms with van der Waals surface area (Å²) in [5.74, 6) is 2.61. The molecule has 0 unspecified atom stereocenters. The summed E-state index contributed by atoms with van der Waals surface area (Å²) in [6.45, 7) is 2.61.